The van der Waals surface area contributed by atoms with Crippen LogP contribution < -0.4 is 0 Å². The second kappa shape index (κ2) is 5.29. The summed E-state index contributed by atoms with van der Waals surface area (Å²) in [6.07, 6.45) is 7.56. The number of hydrogen-bond donors (Lipinski definition) is 1. The van der Waals surface area contributed by atoms with Gasteiger partial charge >= 0.3 is 5.97 Å². The SMILES string of the molecule is O=C(O)[C@@H]1CC[C@]12CC[C@H](c1ccnc3ccc(F)cc31)CC2. The van der Waals surface area contributed by atoms with Gasteiger partial charge in [0.05, 0.1) is 11.4 Å². The summed E-state index contributed by atoms with van der Waals surface area (Å²) < 4.78 is 13.6. The molecule has 2 aliphatic rings. The fraction of sp³-hybridized carbons (Fsp3) is 0.474. The molecule has 1 atom stereocenters. The van der Waals surface area contributed by atoms with Crippen molar-refractivity contribution in [3.05, 3.63) is 41.8 Å². The molecule has 2 fully saturated rings. The van der Waals surface area contributed by atoms with E-state index in [0.717, 1.165) is 55.0 Å². The van der Waals surface area contributed by atoms with Gasteiger partial charge in [0.25, 0.3) is 0 Å². The second-order valence-electron chi connectivity index (χ2n) is 7.13. The van der Waals surface area contributed by atoms with E-state index < -0.39 is 5.97 Å². The molecule has 0 aliphatic heterocycles. The molecule has 3 nitrogen and oxygen atoms in total. The number of benzene rings is 1. The highest BCUT2D eigenvalue weighted by Gasteiger charge is 2.51. The lowest BCUT2D eigenvalue weighted by Crippen LogP contribution is -2.46. The zero-order valence-electron chi connectivity index (χ0n) is 13.0. The number of pyridine rings is 1. The molecule has 2 saturated carbocycles. The summed E-state index contributed by atoms with van der Waals surface area (Å²) >= 11 is 0. The topological polar surface area (TPSA) is 50.2 Å². The number of carboxylic acids is 1. The minimum Gasteiger partial charge on any atom is -0.481 e. The number of carbonyl (C=O) groups is 1. The number of aromatic nitrogens is 1. The van der Waals surface area contributed by atoms with Crippen molar-refractivity contribution in [2.45, 2.75) is 44.4 Å². The van der Waals surface area contributed by atoms with Gasteiger partial charge in [-0.25, -0.2) is 4.39 Å². The van der Waals surface area contributed by atoms with Crippen LogP contribution in [0.1, 0.15) is 50.0 Å². The number of carboxylic acid groups (broad SMARTS) is 1. The van der Waals surface area contributed by atoms with Crippen molar-refractivity contribution in [1.29, 1.82) is 0 Å². The Balaban J connectivity index is 1.60. The molecule has 1 heterocycles. The first-order chi connectivity index (χ1) is 11.1. The Labute approximate surface area is 134 Å². The third-order valence-electron chi connectivity index (χ3n) is 6.13. The Morgan fingerprint density at radius 3 is 2.57 bits per heavy atom. The molecule has 2 aromatic rings. The van der Waals surface area contributed by atoms with Gasteiger partial charge in [-0.3, -0.25) is 9.78 Å². The van der Waals surface area contributed by atoms with Gasteiger partial charge in [0.2, 0.25) is 0 Å². The van der Waals surface area contributed by atoms with Gasteiger partial charge in [-0.2, -0.15) is 0 Å². The van der Waals surface area contributed by atoms with E-state index in [4.69, 9.17) is 0 Å². The van der Waals surface area contributed by atoms with Gasteiger partial charge < -0.3 is 5.11 Å². The van der Waals surface area contributed by atoms with Crippen LogP contribution in [0.15, 0.2) is 30.5 Å². The van der Waals surface area contributed by atoms with Crippen molar-refractivity contribution < 1.29 is 14.3 Å². The fourth-order valence-corrected chi connectivity index (χ4v) is 4.68. The molecule has 1 aromatic carbocycles. The Bertz CT molecular complexity index is 765. The Hall–Kier alpha value is -1.97. The molecule has 1 N–H and O–H groups in total. The first-order valence-corrected chi connectivity index (χ1v) is 8.36. The van der Waals surface area contributed by atoms with E-state index >= 15 is 0 Å². The molecule has 4 heteroatoms. The van der Waals surface area contributed by atoms with Crippen LogP contribution in [0.25, 0.3) is 10.9 Å². The van der Waals surface area contributed by atoms with E-state index in [2.05, 4.69) is 4.98 Å². The minimum atomic E-state index is -0.633. The van der Waals surface area contributed by atoms with Crippen molar-refractivity contribution in [3.8, 4) is 0 Å². The Morgan fingerprint density at radius 1 is 1.17 bits per heavy atom. The van der Waals surface area contributed by atoms with Gasteiger partial charge in [-0.05, 0) is 79.7 Å². The summed E-state index contributed by atoms with van der Waals surface area (Å²) in [5, 5.41) is 10.3. The number of rotatable bonds is 2. The van der Waals surface area contributed by atoms with Crippen LogP contribution in [0, 0.1) is 17.2 Å². The summed E-state index contributed by atoms with van der Waals surface area (Å²) in [6.45, 7) is 0. The molecule has 0 saturated heterocycles. The van der Waals surface area contributed by atoms with Crippen LogP contribution in [0.4, 0.5) is 4.39 Å². The molecular weight excluding hydrogens is 293 g/mol. The van der Waals surface area contributed by atoms with Gasteiger partial charge in [0.15, 0.2) is 0 Å². The molecule has 0 radical (unpaired) electrons. The highest BCUT2D eigenvalue weighted by Crippen LogP contribution is 2.58. The van der Waals surface area contributed by atoms with Gasteiger partial charge in [0, 0.05) is 11.6 Å². The molecule has 4 rings (SSSR count). The second-order valence-corrected chi connectivity index (χ2v) is 7.13. The molecule has 0 unspecified atom stereocenters. The van der Waals surface area contributed by atoms with Crippen molar-refractivity contribution in [1.82, 2.24) is 4.98 Å². The van der Waals surface area contributed by atoms with Crippen LogP contribution in [-0.2, 0) is 4.79 Å². The highest BCUT2D eigenvalue weighted by atomic mass is 19.1. The summed E-state index contributed by atoms with van der Waals surface area (Å²) in [6, 6.07) is 6.75. The predicted molar refractivity (Wildman–Crippen MR) is 85.7 cm³/mol. The van der Waals surface area contributed by atoms with Crippen LogP contribution in [0.2, 0.25) is 0 Å². The molecule has 1 aromatic heterocycles. The lowest BCUT2D eigenvalue weighted by atomic mass is 9.52. The maximum atomic E-state index is 13.6. The molecule has 23 heavy (non-hydrogen) atoms. The number of fused-ring (bicyclic) bond motifs is 1. The average molecular weight is 313 g/mol. The average Bonchev–Trinajstić information content (AvgIpc) is 2.53. The standard InChI is InChI=1S/C19H20FNO2/c20-13-1-2-17-15(11-13)14(6-10-21-17)12-3-7-19(8-4-12)9-5-16(19)18(22)23/h1-2,6,10-12,16H,3-5,7-9H2,(H,22,23)/t12-,16-,19+/m0/s1. The minimum absolute atomic E-state index is 0.0242. The largest absolute Gasteiger partial charge is 0.481 e. The Kier molecular flexibility index (Phi) is 3.36. The summed E-state index contributed by atoms with van der Waals surface area (Å²) in [7, 11) is 0. The first kappa shape index (κ1) is 14.6. The van der Waals surface area contributed by atoms with Crippen molar-refractivity contribution >= 4 is 16.9 Å². The van der Waals surface area contributed by atoms with E-state index in [1.807, 2.05) is 6.07 Å². The maximum Gasteiger partial charge on any atom is 0.307 e. The number of halogens is 1. The van der Waals surface area contributed by atoms with Crippen LogP contribution in [0.3, 0.4) is 0 Å². The van der Waals surface area contributed by atoms with E-state index in [0.29, 0.717) is 5.92 Å². The van der Waals surface area contributed by atoms with Gasteiger partial charge in [0.1, 0.15) is 5.82 Å². The van der Waals surface area contributed by atoms with E-state index in [1.54, 1.807) is 18.3 Å². The quantitative estimate of drug-likeness (QED) is 0.887. The number of nitrogens with zero attached hydrogens (tertiary/aromatic N) is 1. The molecular formula is C19H20FNO2. The summed E-state index contributed by atoms with van der Waals surface area (Å²) in [5.74, 6) is -0.645. The van der Waals surface area contributed by atoms with Crippen LogP contribution in [-0.4, -0.2) is 16.1 Å². The van der Waals surface area contributed by atoms with Crippen molar-refractivity contribution in [3.63, 3.8) is 0 Å². The third kappa shape index (κ3) is 2.32. The normalized spacial score (nSPS) is 30.3. The van der Waals surface area contributed by atoms with Crippen LogP contribution >= 0.6 is 0 Å². The smallest absolute Gasteiger partial charge is 0.307 e. The number of aliphatic carboxylic acids is 1. The molecule has 1 spiro atoms. The van der Waals surface area contributed by atoms with E-state index in [-0.39, 0.29) is 17.2 Å². The predicted octanol–water partition coefficient (Wildman–Crippen LogP) is 4.51. The lowest BCUT2D eigenvalue weighted by Gasteiger charge is -2.51. The van der Waals surface area contributed by atoms with Gasteiger partial charge in [-0.15, -0.1) is 0 Å². The van der Waals surface area contributed by atoms with E-state index in [1.165, 1.54) is 6.07 Å². The molecule has 2 aliphatic carbocycles. The van der Waals surface area contributed by atoms with E-state index in [9.17, 15) is 14.3 Å². The zero-order valence-corrected chi connectivity index (χ0v) is 13.0. The monoisotopic (exact) mass is 313 g/mol. The Morgan fingerprint density at radius 2 is 1.91 bits per heavy atom. The fourth-order valence-electron chi connectivity index (χ4n) is 4.68. The number of hydrogen-bond acceptors (Lipinski definition) is 2. The lowest BCUT2D eigenvalue weighted by molar-refractivity contribution is -0.157. The van der Waals surface area contributed by atoms with Crippen LogP contribution in [0.5, 0.6) is 0 Å². The van der Waals surface area contributed by atoms with Gasteiger partial charge in [-0.1, -0.05) is 0 Å². The van der Waals surface area contributed by atoms with Crippen molar-refractivity contribution in [2.24, 2.45) is 11.3 Å². The van der Waals surface area contributed by atoms with Crippen molar-refractivity contribution in [2.75, 3.05) is 0 Å². The third-order valence-corrected chi connectivity index (χ3v) is 6.13. The first-order valence-electron chi connectivity index (χ1n) is 8.36. The highest BCUT2D eigenvalue weighted by molar-refractivity contribution is 5.82. The molecule has 0 bridgehead atoms. The summed E-state index contributed by atoms with van der Waals surface area (Å²) in [5.41, 5.74) is 2.02. The maximum absolute atomic E-state index is 13.6. The summed E-state index contributed by atoms with van der Waals surface area (Å²) in [4.78, 5) is 15.7. The zero-order chi connectivity index (χ0) is 16.0. The molecule has 0 amide bonds. The molecule has 120 valence electrons.